The van der Waals surface area contributed by atoms with Crippen molar-refractivity contribution in [1.82, 2.24) is 19.7 Å². The van der Waals surface area contributed by atoms with Gasteiger partial charge in [-0.15, -0.1) is 0 Å². The first-order valence-corrected chi connectivity index (χ1v) is 10.1. The zero-order valence-corrected chi connectivity index (χ0v) is 17.2. The van der Waals surface area contributed by atoms with Crippen molar-refractivity contribution in [3.8, 4) is 11.1 Å². The quantitative estimate of drug-likeness (QED) is 0.472. The van der Waals surface area contributed by atoms with E-state index in [1.807, 2.05) is 19.2 Å². The van der Waals surface area contributed by atoms with Gasteiger partial charge in [-0.2, -0.15) is 5.10 Å². The Morgan fingerprint density at radius 3 is 2.47 bits per heavy atom. The molecule has 0 fully saturated rings. The molecule has 0 unspecified atom stereocenters. The van der Waals surface area contributed by atoms with Crippen molar-refractivity contribution in [2.24, 2.45) is 0 Å². The van der Waals surface area contributed by atoms with Gasteiger partial charge in [-0.05, 0) is 48.4 Å². The second-order valence-electron chi connectivity index (χ2n) is 7.76. The lowest BCUT2D eigenvalue weighted by atomic mass is 9.59. The molecule has 5 rings (SSSR count). The van der Waals surface area contributed by atoms with Crippen molar-refractivity contribution in [1.29, 1.82) is 0 Å². The average molecular weight is 424 g/mol. The van der Waals surface area contributed by atoms with E-state index in [2.05, 4.69) is 10.1 Å². The topological polar surface area (TPSA) is 51.0 Å². The zero-order chi connectivity index (χ0) is 22.6. The zero-order valence-electron chi connectivity index (χ0n) is 17.2. The second-order valence-corrected chi connectivity index (χ2v) is 7.76. The summed E-state index contributed by atoms with van der Waals surface area (Å²) in [4.78, 5) is 17.9. The van der Waals surface area contributed by atoms with Crippen molar-refractivity contribution in [3.63, 3.8) is 0 Å². The summed E-state index contributed by atoms with van der Waals surface area (Å²) in [6, 6.07) is 11.0. The molecular formula is C23H16B2F2N4O. The van der Waals surface area contributed by atoms with Crippen molar-refractivity contribution < 1.29 is 13.6 Å². The largest absolute Gasteiger partial charge is 0.340 e. The lowest BCUT2D eigenvalue weighted by molar-refractivity contribution is 0.0727. The standard InChI is InChI=1S/C23H16B2F2N4O/c1-2-30-11-16-14(5-3-7-20(16)29-30)13-9-18(26)17(19(27)10-13)12-31-22(32)15-6-4-8-28-21(15)23(31,24)25/h3-11H,2,12H2,1H3. The van der Waals surface area contributed by atoms with Crippen LogP contribution >= 0.6 is 0 Å². The maximum absolute atomic E-state index is 15.1. The predicted octanol–water partition coefficient (Wildman–Crippen LogP) is 3.50. The number of halogens is 2. The monoisotopic (exact) mass is 424 g/mol. The molecule has 0 spiro atoms. The highest BCUT2D eigenvalue weighted by atomic mass is 19.1. The molecule has 154 valence electrons. The normalized spacial score (nSPS) is 14.8. The lowest BCUT2D eigenvalue weighted by Crippen LogP contribution is -2.45. The third-order valence-electron chi connectivity index (χ3n) is 5.80. The number of hydrogen-bond acceptors (Lipinski definition) is 3. The van der Waals surface area contributed by atoms with Crippen LogP contribution in [0.3, 0.4) is 0 Å². The molecule has 9 heteroatoms. The van der Waals surface area contributed by atoms with Gasteiger partial charge >= 0.3 is 0 Å². The Balaban J connectivity index is 1.54. The van der Waals surface area contributed by atoms with Gasteiger partial charge in [-0.1, -0.05) is 12.1 Å². The van der Waals surface area contributed by atoms with Crippen LogP contribution < -0.4 is 0 Å². The van der Waals surface area contributed by atoms with Gasteiger partial charge < -0.3 is 4.90 Å². The highest BCUT2D eigenvalue weighted by Gasteiger charge is 2.43. The van der Waals surface area contributed by atoms with Crippen molar-refractivity contribution in [3.05, 3.63) is 83.3 Å². The first-order chi connectivity index (χ1) is 15.3. The summed E-state index contributed by atoms with van der Waals surface area (Å²) in [6.45, 7) is 2.21. The molecule has 1 aliphatic rings. The van der Waals surface area contributed by atoms with Crippen LogP contribution in [0.15, 0.2) is 54.9 Å². The van der Waals surface area contributed by atoms with Gasteiger partial charge in [0.1, 0.15) is 11.6 Å². The van der Waals surface area contributed by atoms with E-state index in [9.17, 15) is 4.79 Å². The van der Waals surface area contributed by atoms with Crippen LogP contribution in [0.2, 0.25) is 0 Å². The fourth-order valence-corrected chi connectivity index (χ4v) is 4.11. The number of benzene rings is 2. The van der Waals surface area contributed by atoms with Crippen molar-refractivity contribution in [2.75, 3.05) is 0 Å². The van der Waals surface area contributed by atoms with Crippen molar-refractivity contribution in [2.45, 2.75) is 25.4 Å². The summed E-state index contributed by atoms with van der Waals surface area (Å²) >= 11 is 0. The number of amides is 1. The first kappa shape index (κ1) is 20.4. The summed E-state index contributed by atoms with van der Waals surface area (Å²) < 4.78 is 32.0. The maximum atomic E-state index is 15.1. The Labute approximate surface area is 185 Å². The number of rotatable bonds is 4. The molecule has 0 aliphatic carbocycles. The van der Waals surface area contributed by atoms with Crippen LogP contribution in [-0.4, -0.2) is 41.3 Å². The van der Waals surface area contributed by atoms with E-state index in [0.29, 0.717) is 17.7 Å². The van der Waals surface area contributed by atoms with Crippen LogP contribution in [0.4, 0.5) is 8.78 Å². The highest BCUT2D eigenvalue weighted by molar-refractivity contribution is 6.42. The van der Waals surface area contributed by atoms with E-state index in [0.717, 1.165) is 15.8 Å². The molecule has 1 aliphatic heterocycles. The summed E-state index contributed by atoms with van der Waals surface area (Å²) in [7, 11) is 12.3. The van der Waals surface area contributed by atoms with Crippen LogP contribution in [0.25, 0.3) is 22.0 Å². The van der Waals surface area contributed by atoms with E-state index in [4.69, 9.17) is 15.7 Å². The minimum atomic E-state index is -1.77. The SMILES string of the molecule is [B]C1([B])c2ncccc2C(=O)N1Cc1c(F)cc(-c2cccc3nn(CC)cc23)cc1F. The molecule has 0 N–H and O–H groups in total. The molecule has 2 aromatic heterocycles. The summed E-state index contributed by atoms with van der Waals surface area (Å²) in [6.07, 6.45) is 3.31. The molecule has 4 aromatic rings. The summed E-state index contributed by atoms with van der Waals surface area (Å²) in [5.74, 6) is -2.13. The minimum Gasteiger partial charge on any atom is -0.340 e. The van der Waals surface area contributed by atoms with Crippen LogP contribution in [-0.2, 0) is 18.4 Å². The molecule has 1 amide bonds. The van der Waals surface area contributed by atoms with Gasteiger partial charge in [-0.25, -0.2) is 8.78 Å². The van der Waals surface area contributed by atoms with E-state index >= 15 is 8.78 Å². The minimum absolute atomic E-state index is 0.169. The van der Waals surface area contributed by atoms with Gasteiger partial charge in [0.2, 0.25) is 0 Å². The second kappa shape index (κ2) is 7.29. The predicted molar refractivity (Wildman–Crippen MR) is 118 cm³/mol. The molecule has 0 bridgehead atoms. The number of aromatic nitrogens is 3. The summed E-state index contributed by atoms with van der Waals surface area (Å²) in [5, 5.41) is 3.46. The Bertz CT molecular complexity index is 1360. The van der Waals surface area contributed by atoms with Gasteiger partial charge in [0, 0.05) is 35.2 Å². The average Bonchev–Trinajstić information content (AvgIpc) is 3.28. The Morgan fingerprint density at radius 1 is 1.06 bits per heavy atom. The first-order valence-electron chi connectivity index (χ1n) is 10.1. The van der Waals surface area contributed by atoms with Crippen LogP contribution in [0.1, 0.15) is 28.5 Å². The third-order valence-corrected chi connectivity index (χ3v) is 5.80. The van der Waals surface area contributed by atoms with E-state index < -0.39 is 29.4 Å². The number of hydrogen-bond donors (Lipinski definition) is 0. The Hall–Kier alpha value is -3.48. The molecule has 32 heavy (non-hydrogen) atoms. The fourth-order valence-electron chi connectivity index (χ4n) is 4.11. The molecule has 0 saturated carbocycles. The van der Waals surface area contributed by atoms with Crippen LogP contribution in [0.5, 0.6) is 0 Å². The molecule has 0 atom stereocenters. The number of aryl methyl sites for hydroxylation is 1. The molecule has 4 radical (unpaired) electrons. The number of pyridine rings is 1. The third kappa shape index (κ3) is 3.03. The highest BCUT2D eigenvalue weighted by Crippen LogP contribution is 2.36. The number of carbonyl (C=O) groups is 1. The fraction of sp³-hybridized carbons (Fsp3) is 0.174. The number of fused-ring (bicyclic) bond motifs is 2. The smallest absolute Gasteiger partial charge is 0.255 e. The van der Waals surface area contributed by atoms with Gasteiger partial charge in [0.15, 0.2) is 0 Å². The lowest BCUT2D eigenvalue weighted by Gasteiger charge is -2.33. The molecular weight excluding hydrogens is 408 g/mol. The number of nitrogens with zero attached hydrogens (tertiary/aromatic N) is 4. The van der Waals surface area contributed by atoms with E-state index in [1.54, 1.807) is 22.9 Å². The molecule has 2 aromatic carbocycles. The van der Waals surface area contributed by atoms with E-state index in [1.165, 1.54) is 24.4 Å². The number of carbonyl (C=O) groups excluding carboxylic acids is 1. The van der Waals surface area contributed by atoms with Gasteiger partial charge in [0.05, 0.1) is 39.0 Å². The molecule has 3 heterocycles. The maximum Gasteiger partial charge on any atom is 0.255 e. The van der Waals surface area contributed by atoms with E-state index in [-0.39, 0.29) is 16.8 Å². The summed E-state index contributed by atoms with van der Waals surface area (Å²) in [5.41, 5.74) is 1.85. The Morgan fingerprint density at radius 2 is 1.78 bits per heavy atom. The molecule has 0 saturated heterocycles. The van der Waals surface area contributed by atoms with Gasteiger partial charge in [-0.3, -0.25) is 14.5 Å². The molecule has 5 nitrogen and oxygen atoms in total. The van der Waals surface area contributed by atoms with Gasteiger partial charge in [0.25, 0.3) is 5.91 Å². The van der Waals surface area contributed by atoms with Crippen LogP contribution in [0, 0.1) is 11.6 Å². The van der Waals surface area contributed by atoms with Crippen molar-refractivity contribution >= 4 is 32.5 Å². The Kier molecular flexibility index (Phi) is 4.65.